The van der Waals surface area contributed by atoms with Crippen LogP contribution in [0.15, 0.2) is 89.4 Å². The van der Waals surface area contributed by atoms with E-state index in [1.165, 1.54) is 33.0 Å². The van der Waals surface area contributed by atoms with E-state index in [2.05, 4.69) is 79.7 Å². The molecule has 1 unspecified atom stereocenters. The molecule has 0 fully saturated rings. The van der Waals surface area contributed by atoms with Crippen LogP contribution in [0.4, 0.5) is 0 Å². The summed E-state index contributed by atoms with van der Waals surface area (Å²) in [6.07, 6.45) is 7.94. The van der Waals surface area contributed by atoms with E-state index >= 15 is 0 Å². The van der Waals surface area contributed by atoms with Crippen molar-refractivity contribution in [3.8, 4) is 0 Å². The van der Waals surface area contributed by atoms with Crippen molar-refractivity contribution < 1.29 is 4.42 Å². The lowest BCUT2D eigenvalue weighted by Gasteiger charge is -2.18. The van der Waals surface area contributed by atoms with Crippen LogP contribution >= 0.6 is 0 Å². The second-order valence-electron chi connectivity index (χ2n) is 7.09. The molecule has 26 heavy (non-hydrogen) atoms. The number of hydrogen-bond acceptors (Lipinski definition) is 1. The van der Waals surface area contributed by atoms with E-state index in [1.807, 2.05) is 12.1 Å². The van der Waals surface area contributed by atoms with Crippen LogP contribution < -0.4 is 0 Å². The molecule has 0 saturated heterocycles. The van der Waals surface area contributed by atoms with Crippen LogP contribution in [-0.4, -0.2) is 0 Å². The minimum Gasteiger partial charge on any atom is -0.456 e. The van der Waals surface area contributed by atoms with E-state index in [1.54, 1.807) is 0 Å². The van der Waals surface area contributed by atoms with Crippen molar-refractivity contribution in [1.82, 2.24) is 0 Å². The van der Waals surface area contributed by atoms with E-state index < -0.39 is 0 Å². The highest BCUT2D eigenvalue weighted by Gasteiger charge is 2.15. The molecule has 0 aliphatic heterocycles. The zero-order valence-corrected chi connectivity index (χ0v) is 14.8. The van der Waals surface area contributed by atoms with Gasteiger partial charge in [-0.15, -0.1) is 0 Å². The summed E-state index contributed by atoms with van der Waals surface area (Å²) in [4.78, 5) is 0. The van der Waals surface area contributed by atoms with E-state index in [9.17, 15) is 0 Å². The van der Waals surface area contributed by atoms with Crippen molar-refractivity contribution in [3.05, 3.63) is 102 Å². The molecule has 0 N–H and O–H groups in total. The first-order chi connectivity index (χ1) is 12.8. The molecule has 0 spiro atoms. The first-order valence-electron chi connectivity index (χ1n) is 9.14. The Morgan fingerprint density at radius 3 is 2.65 bits per heavy atom. The van der Waals surface area contributed by atoms with Crippen LogP contribution in [0.25, 0.3) is 27.5 Å². The summed E-state index contributed by atoms with van der Waals surface area (Å²) in [6, 6.07) is 23.6. The number of hydrogen-bond donors (Lipinski definition) is 0. The van der Waals surface area contributed by atoms with Gasteiger partial charge in [0.25, 0.3) is 0 Å². The third kappa shape index (κ3) is 2.57. The fourth-order valence-corrected chi connectivity index (χ4v) is 3.90. The van der Waals surface area contributed by atoms with Crippen LogP contribution in [0.1, 0.15) is 29.0 Å². The third-order valence-electron chi connectivity index (χ3n) is 5.25. The van der Waals surface area contributed by atoms with E-state index in [0.29, 0.717) is 5.92 Å². The van der Waals surface area contributed by atoms with Gasteiger partial charge in [-0.05, 0) is 42.2 Å². The highest BCUT2D eigenvalue weighted by molar-refractivity contribution is 6.04. The standard InChI is InChI=1S/C25H20O/c1-17-6-4-7-18(14-17)19-8-5-9-20(15-19)21-12-13-23-22-10-2-3-11-24(22)26-25(23)16-21/h2-8,10-16,20H,9H2,1H3. The van der Waals surface area contributed by atoms with Gasteiger partial charge in [-0.2, -0.15) is 0 Å². The minimum atomic E-state index is 0.383. The molecule has 1 heteroatoms. The highest BCUT2D eigenvalue weighted by atomic mass is 16.3. The molecule has 1 atom stereocenters. The van der Waals surface area contributed by atoms with Crippen molar-refractivity contribution >= 4 is 27.5 Å². The normalized spacial score (nSPS) is 17.0. The molecular formula is C25H20O. The maximum atomic E-state index is 6.07. The summed E-state index contributed by atoms with van der Waals surface area (Å²) in [6.45, 7) is 2.14. The first-order valence-corrected chi connectivity index (χ1v) is 9.14. The Kier molecular flexibility index (Phi) is 3.53. The van der Waals surface area contributed by atoms with Gasteiger partial charge in [-0.3, -0.25) is 0 Å². The van der Waals surface area contributed by atoms with E-state index in [0.717, 1.165) is 17.6 Å². The van der Waals surface area contributed by atoms with Gasteiger partial charge in [-0.25, -0.2) is 0 Å². The summed E-state index contributed by atoms with van der Waals surface area (Å²) < 4.78 is 6.07. The van der Waals surface area contributed by atoms with Crippen molar-refractivity contribution in [1.29, 1.82) is 0 Å². The second-order valence-corrected chi connectivity index (χ2v) is 7.09. The number of aryl methyl sites for hydroxylation is 1. The summed E-state index contributed by atoms with van der Waals surface area (Å²) in [7, 11) is 0. The number of benzene rings is 3. The number of furan rings is 1. The van der Waals surface area contributed by atoms with Gasteiger partial charge in [0.15, 0.2) is 0 Å². The fraction of sp³-hybridized carbons (Fsp3) is 0.120. The molecule has 0 saturated carbocycles. The van der Waals surface area contributed by atoms with Crippen LogP contribution in [0.3, 0.4) is 0 Å². The molecule has 4 aromatic rings. The summed E-state index contributed by atoms with van der Waals surface area (Å²) >= 11 is 0. The van der Waals surface area contributed by atoms with E-state index in [-0.39, 0.29) is 0 Å². The Labute approximate surface area is 153 Å². The average molecular weight is 336 g/mol. The largest absolute Gasteiger partial charge is 0.456 e. The Hall–Kier alpha value is -3.06. The molecule has 0 radical (unpaired) electrons. The van der Waals surface area contributed by atoms with Crippen molar-refractivity contribution in [3.63, 3.8) is 0 Å². The number of para-hydroxylation sites is 1. The monoisotopic (exact) mass is 336 g/mol. The molecule has 0 amide bonds. The zero-order chi connectivity index (χ0) is 17.5. The third-order valence-corrected chi connectivity index (χ3v) is 5.25. The number of fused-ring (bicyclic) bond motifs is 3. The van der Waals surface area contributed by atoms with Crippen LogP contribution in [0.5, 0.6) is 0 Å². The molecule has 1 aliphatic carbocycles. The predicted molar refractivity (Wildman–Crippen MR) is 109 cm³/mol. The molecular weight excluding hydrogens is 316 g/mol. The van der Waals surface area contributed by atoms with Gasteiger partial charge < -0.3 is 4.42 Å². The Morgan fingerprint density at radius 2 is 1.73 bits per heavy atom. The molecule has 5 rings (SSSR count). The molecule has 0 bridgehead atoms. The van der Waals surface area contributed by atoms with Gasteiger partial charge in [0, 0.05) is 16.7 Å². The molecule has 126 valence electrons. The topological polar surface area (TPSA) is 13.1 Å². The smallest absolute Gasteiger partial charge is 0.135 e. The quantitative estimate of drug-likeness (QED) is 0.383. The Bertz CT molecular complexity index is 1170. The van der Waals surface area contributed by atoms with Crippen molar-refractivity contribution in [2.45, 2.75) is 19.3 Å². The van der Waals surface area contributed by atoms with Crippen molar-refractivity contribution in [2.24, 2.45) is 0 Å². The Balaban J connectivity index is 1.56. The molecule has 3 aromatic carbocycles. The molecule has 1 heterocycles. The van der Waals surface area contributed by atoms with Gasteiger partial charge >= 0.3 is 0 Å². The number of allylic oxidation sites excluding steroid dienone is 4. The van der Waals surface area contributed by atoms with Gasteiger partial charge in [0.1, 0.15) is 11.2 Å². The lowest BCUT2D eigenvalue weighted by molar-refractivity contribution is 0.667. The summed E-state index contributed by atoms with van der Waals surface area (Å²) in [5.41, 5.74) is 7.13. The lowest BCUT2D eigenvalue weighted by Crippen LogP contribution is -1.99. The van der Waals surface area contributed by atoms with Gasteiger partial charge in [0.05, 0.1) is 0 Å². The van der Waals surface area contributed by atoms with Crippen LogP contribution in [-0.2, 0) is 0 Å². The average Bonchev–Trinajstić information content (AvgIpc) is 3.06. The van der Waals surface area contributed by atoms with Crippen LogP contribution in [0.2, 0.25) is 0 Å². The molecule has 1 nitrogen and oxygen atoms in total. The predicted octanol–water partition coefficient (Wildman–Crippen LogP) is 7.02. The van der Waals surface area contributed by atoms with Crippen molar-refractivity contribution in [2.75, 3.05) is 0 Å². The lowest BCUT2D eigenvalue weighted by atomic mass is 9.87. The minimum absolute atomic E-state index is 0.383. The Morgan fingerprint density at radius 1 is 0.846 bits per heavy atom. The fourth-order valence-electron chi connectivity index (χ4n) is 3.90. The van der Waals surface area contributed by atoms with Gasteiger partial charge in [-0.1, -0.05) is 78.4 Å². The summed E-state index contributed by atoms with van der Waals surface area (Å²) in [5, 5.41) is 2.38. The maximum Gasteiger partial charge on any atom is 0.135 e. The van der Waals surface area contributed by atoms with E-state index in [4.69, 9.17) is 4.42 Å². The van der Waals surface area contributed by atoms with Gasteiger partial charge in [0.2, 0.25) is 0 Å². The SMILES string of the molecule is Cc1cccc(C2=CC(c3ccc4c(c3)oc3ccccc34)CC=C2)c1. The highest BCUT2D eigenvalue weighted by Crippen LogP contribution is 2.35. The summed E-state index contributed by atoms with van der Waals surface area (Å²) in [5.74, 6) is 0.383. The van der Waals surface area contributed by atoms with Crippen LogP contribution in [0, 0.1) is 6.92 Å². The molecule has 1 aliphatic rings. The maximum absolute atomic E-state index is 6.07. The number of rotatable bonds is 2. The zero-order valence-electron chi connectivity index (χ0n) is 14.8. The first kappa shape index (κ1) is 15.2. The second kappa shape index (κ2) is 6.03. The molecule has 1 aromatic heterocycles.